The fourth-order valence-electron chi connectivity index (χ4n) is 2.25. The second kappa shape index (κ2) is 8.20. The maximum absolute atomic E-state index is 13.6. The second-order valence-electron chi connectivity index (χ2n) is 5.19. The van der Waals surface area contributed by atoms with Gasteiger partial charge in [-0.1, -0.05) is 31.2 Å². The van der Waals surface area contributed by atoms with Crippen molar-refractivity contribution >= 4 is 11.8 Å². The lowest BCUT2D eigenvalue weighted by Gasteiger charge is -2.19. The molecule has 1 nitrogen and oxygen atoms in total. The fourth-order valence-corrected chi connectivity index (χ4v) is 3.27. The molecule has 0 aliphatic carbocycles. The lowest BCUT2D eigenvalue weighted by Crippen LogP contribution is -2.24. The van der Waals surface area contributed by atoms with Gasteiger partial charge in [-0.2, -0.15) is 0 Å². The van der Waals surface area contributed by atoms with E-state index in [0.717, 1.165) is 29.8 Å². The summed E-state index contributed by atoms with van der Waals surface area (Å²) in [4.78, 5) is 1.24. The van der Waals surface area contributed by atoms with Crippen molar-refractivity contribution in [3.05, 3.63) is 65.5 Å². The van der Waals surface area contributed by atoms with Crippen molar-refractivity contribution in [2.24, 2.45) is 0 Å². The summed E-state index contributed by atoms with van der Waals surface area (Å²) in [6.07, 6.45) is 1.07. The van der Waals surface area contributed by atoms with Crippen molar-refractivity contribution in [1.82, 2.24) is 5.32 Å². The van der Waals surface area contributed by atoms with Gasteiger partial charge in [-0.3, -0.25) is 0 Å². The molecule has 2 aromatic carbocycles. The summed E-state index contributed by atoms with van der Waals surface area (Å²) in [6.45, 7) is 5.02. The van der Waals surface area contributed by atoms with Gasteiger partial charge in [-0.25, -0.2) is 4.39 Å². The molecule has 21 heavy (non-hydrogen) atoms. The molecule has 0 saturated carbocycles. The third-order valence-electron chi connectivity index (χ3n) is 3.27. The number of halogens is 1. The first kappa shape index (κ1) is 16.1. The summed E-state index contributed by atoms with van der Waals surface area (Å²) < 4.78 is 13.6. The predicted octanol–water partition coefficient (Wildman–Crippen LogP) is 4.97. The van der Waals surface area contributed by atoms with Crippen LogP contribution in [-0.4, -0.2) is 12.3 Å². The van der Waals surface area contributed by atoms with Crippen molar-refractivity contribution in [2.45, 2.75) is 31.2 Å². The normalized spacial score (nSPS) is 12.3. The third-order valence-corrected chi connectivity index (χ3v) is 4.37. The molecule has 2 aromatic rings. The molecular weight excluding hydrogens is 281 g/mol. The Morgan fingerprint density at radius 1 is 1.14 bits per heavy atom. The van der Waals surface area contributed by atoms with Crippen LogP contribution >= 0.6 is 11.8 Å². The maximum atomic E-state index is 13.6. The predicted molar refractivity (Wildman–Crippen MR) is 89.3 cm³/mol. The molecule has 3 heteroatoms. The molecule has 2 rings (SSSR count). The molecule has 1 unspecified atom stereocenters. The Labute approximate surface area is 131 Å². The Morgan fingerprint density at radius 3 is 2.57 bits per heavy atom. The number of benzene rings is 2. The SMILES string of the molecule is CCCNC(CSc1ccccc1)c1cc(C)cc(F)c1. The standard InChI is InChI=1S/C18H22FNS/c1-3-9-20-18(13-21-17-7-5-4-6-8-17)15-10-14(2)11-16(19)12-15/h4-8,10-12,18,20H,3,9,13H2,1-2H3. The molecule has 0 amide bonds. The van der Waals surface area contributed by atoms with Crippen LogP contribution in [0.4, 0.5) is 4.39 Å². The van der Waals surface area contributed by atoms with Crippen LogP contribution in [0.2, 0.25) is 0 Å². The van der Waals surface area contributed by atoms with E-state index in [1.54, 1.807) is 23.9 Å². The van der Waals surface area contributed by atoms with Crippen molar-refractivity contribution in [3.8, 4) is 0 Å². The van der Waals surface area contributed by atoms with Crippen molar-refractivity contribution in [3.63, 3.8) is 0 Å². The Morgan fingerprint density at radius 2 is 1.90 bits per heavy atom. The Hall–Kier alpha value is -1.32. The summed E-state index contributed by atoms with van der Waals surface area (Å²) in [5.41, 5.74) is 2.00. The van der Waals surface area contributed by atoms with Gasteiger partial charge in [0.1, 0.15) is 5.82 Å². The highest BCUT2D eigenvalue weighted by atomic mass is 32.2. The minimum absolute atomic E-state index is 0.155. The monoisotopic (exact) mass is 303 g/mol. The number of rotatable bonds is 7. The maximum Gasteiger partial charge on any atom is 0.123 e. The highest BCUT2D eigenvalue weighted by molar-refractivity contribution is 7.99. The Balaban J connectivity index is 2.10. The van der Waals surface area contributed by atoms with E-state index in [4.69, 9.17) is 0 Å². The number of hydrogen-bond donors (Lipinski definition) is 1. The van der Waals surface area contributed by atoms with Gasteiger partial charge in [0.05, 0.1) is 0 Å². The lowest BCUT2D eigenvalue weighted by atomic mass is 10.1. The van der Waals surface area contributed by atoms with E-state index in [9.17, 15) is 4.39 Å². The van der Waals surface area contributed by atoms with E-state index < -0.39 is 0 Å². The Bertz CT molecular complexity index is 536. The minimum atomic E-state index is -0.155. The van der Waals surface area contributed by atoms with Crippen molar-refractivity contribution in [1.29, 1.82) is 0 Å². The van der Waals surface area contributed by atoms with Gasteiger partial charge in [0, 0.05) is 16.7 Å². The first-order chi connectivity index (χ1) is 10.2. The molecular formula is C18H22FNS. The van der Waals surface area contributed by atoms with Crippen LogP contribution in [0.15, 0.2) is 53.4 Å². The number of hydrogen-bond acceptors (Lipinski definition) is 2. The van der Waals surface area contributed by atoms with E-state index in [1.807, 2.05) is 25.1 Å². The molecule has 0 spiro atoms. The molecule has 112 valence electrons. The summed E-state index contributed by atoms with van der Waals surface area (Å²) in [6, 6.07) is 15.8. The van der Waals surface area contributed by atoms with Gasteiger partial charge in [-0.15, -0.1) is 11.8 Å². The number of nitrogens with one attached hydrogen (secondary N) is 1. The first-order valence-electron chi connectivity index (χ1n) is 7.37. The van der Waals surface area contributed by atoms with Gasteiger partial charge >= 0.3 is 0 Å². The van der Waals surface area contributed by atoms with Crippen LogP contribution in [0, 0.1) is 12.7 Å². The molecule has 0 aliphatic rings. The zero-order chi connectivity index (χ0) is 15.1. The first-order valence-corrected chi connectivity index (χ1v) is 8.36. The molecule has 0 radical (unpaired) electrons. The summed E-state index contributed by atoms with van der Waals surface area (Å²) in [5.74, 6) is 0.741. The molecule has 0 bridgehead atoms. The third kappa shape index (κ3) is 5.18. The second-order valence-corrected chi connectivity index (χ2v) is 6.29. The van der Waals surface area contributed by atoms with Gasteiger partial charge in [-0.05, 0) is 55.3 Å². The van der Waals surface area contributed by atoms with Crippen molar-refractivity contribution in [2.75, 3.05) is 12.3 Å². The number of thioether (sulfide) groups is 1. The van der Waals surface area contributed by atoms with Crippen molar-refractivity contribution < 1.29 is 4.39 Å². The quantitative estimate of drug-likeness (QED) is 0.725. The van der Waals surface area contributed by atoms with Crippen LogP contribution < -0.4 is 5.32 Å². The van der Waals surface area contributed by atoms with Gasteiger partial charge < -0.3 is 5.32 Å². The zero-order valence-electron chi connectivity index (χ0n) is 12.6. The fraction of sp³-hybridized carbons (Fsp3) is 0.333. The molecule has 1 N–H and O–H groups in total. The highest BCUT2D eigenvalue weighted by Crippen LogP contribution is 2.25. The zero-order valence-corrected chi connectivity index (χ0v) is 13.4. The van der Waals surface area contributed by atoms with Crippen LogP contribution in [0.5, 0.6) is 0 Å². The molecule has 0 aromatic heterocycles. The van der Waals surface area contributed by atoms with Crippen LogP contribution in [-0.2, 0) is 0 Å². The van der Waals surface area contributed by atoms with Crippen LogP contribution in [0.1, 0.15) is 30.5 Å². The highest BCUT2D eigenvalue weighted by Gasteiger charge is 2.12. The van der Waals surface area contributed by atoms with Gasteiger partial charge in [0.2, 0.25) is 0 Å². The average molecular weight is 303 g/mol. The molecule has 0 fully saturated rings. The largest absolute Gasteiger partial charge is 0.309 e. The molecule has 0 aliphatic heterocycles. The minimum Gasteiger partial charge on any atom is -0.309 e. The van der Waals surface area contributed by atoms with Gasteiger partial charge in [0.25, 0.3) is 0 Å². The van der Waals surface area contributed by atoms with Crippen LogP contribution in [0.3, 0.4) is 0 Å². The smallest absolute Gasteiger partial charge is 0.123 e. The van der Waals surface area contributed by atoms with E-state index in [0.29, 0.717) is 0 Å². The van der Waals surface area contributed by atoms with E-state index in [-0.39, 0.29) is 11.9 Å². The molecule has 0 saturated heterocycles. The number of aryl methyl sites for hydroxylation is 1. The average Bonchev–Trinajstić information content (AvgIpc) is 2.47. The van der Waals surface area contributed by atoms with Crippen LogP contribution in [0.25, 0.3) is 0 Å². The van der Waals surface area contributed by atoms with E-state index >= 15 is 0 Å². The summed E-state index contributed by atoms with van der Waals surface area (Å²) >= 11 is 1.80. The summed E-state index contributed by atoms with van der Waals surface area (Å²) in [7, 11) is 0. The van der Waals surface area contributed by atoms with Gasteiger partial charge in [0.15, 0.2) is 0 Å². The molecule has 0 heterocycles. The molecule has 1 atom stereocenters. The van der Waals surface area contributed by atoms with E-state index in [2.05, 4.69) is 30.4 Å². The Kier molecular flexibility index (Phi) is 6.27. The lowest BCUT2D eigenvalue weighted by molar-refractivity contribution is 0.567. The topological polar surface area (TPSA) is 12.0 Å². The van der Waals surface area contributed by atoms with E-state index in [1.165, 1.54) is 4.90 Å². The summed E-state index contributed by atoms with van der Waals surface area (Å²) in [5, 5.41) is 3.52.